The summed E-state index contributed by atoms with van der Waals surface area (Å²) in [4.78, 5) is 29.7. The zero-order valence-corrected chi connectivity index (χ0v) is 25.7. The number of hydrogen-bond acceptors (Lipinski definition) is 8. The molecular formula is C36H38N8. The first-order chi connectivity index (χ1) is 21.4. The second kappa shape index (κ2) is 9.91. The molecule has 44 heavy (non-hydrogen) atoms. The number of allylic oxidation sites excluding steroid dienone is 2. The van der Waals surface area contributed by atoms with Gasteiger partial charge in [-0.2, -0.15) is 0 Å². The van der Waals surface area contributed by atoms with Gasteiger partial charge in [0.05, 0.1) is 11.9 Å². The Kier molecular flexibility index (Phi) is 6.05. The molecule has 8 heteroatoms. The number of aromatic nitrogens is 4. The fourth-order valence-electron chi connectivity index (χ4n) is 8.42. The lowest BCUT2D eigenvalue weighted by Gasteiger charge is -2.47. The molecule has 0 spiro atoms. The van der Waals surface area contributed by atoms with Crippen molar-refractivity contribution in [2.24, 2.45) is 11.8 Å². The molecule has 222 valence electrons. The Balaban J connectivity index is 1.25. The van der Waals surface area contributed by atoms with Crippen LogP contribution >= 0.6 is 0 Å². The Hall–Kier alpha value is -4.72. The number of para-hydroxylation sites is 2. The lowest BCUT2D eigenvalue weighted by atomic mass is 9.76. The fourth-order valence-corrected chi connectivity index (χ4v) is 8.42. The molecule has 0 N–H and O–H groups in total. The zero-order chi connectivity index (χ0) is 30.3. The highest BCUT2D eigenvalue weighted by Crippen LogP contribution is 2.55. The average molecular weight is 583 g/mol. The van der Waals surface area contributed by atoms with Crippen molar-refractivity contribution in [2.75, 3.05) is 26.6 Å². The molecule has 4 aromatic rings. The van der Waals surface area contributed by atoms with Crippen LogP contribution in [0.1, 0.15) is 49.4 Å². The second-order valence-corrected chi connectivity index (χ2v) is 12.8. The lowest BCUT2D eigenvalue weighted by Crippen LogP contribution is -2.54. The predicted molar refractivity (Wildman–Crippen MR) is 177 cm³/mol. The topological polar surface area (TPSA) is 64.5 Å². The minimum Gasteiger partial charge on any atom is -0.335 e. The van der Waals surface area contributed by atoms with E-state index in [-0.39, 0.29) is 36.1 Å². The number of rotatable bonds is 5. The summed E-state index contributed by atoms with van der Waals surface area (Å²) in [6.07, 6.45) is 10.7. The van der Waals surface area contributed by atoms with Crippen LogP contribution in [0.5, 0.6) is 0 Å². The summed E-state index contributed by atoms with van der Waals surface area (Å²) in [5, 5.41) is 0. The molecule has 4 aliphatic rings. The van der Waals surface area contributed by atoms with Crippen LogP contribution in [-0.2, 0) is 6.42 Å². The molecule has 0 aliphatic carbocycles. The van der Waals surface area contributed by atoms with Crippen LogP contribution < -0.4 is 19.6 Å². The molecule has 8 rings (SSSR count). The number of nitrogens with zero attached hydrogens (tertiary/aromatic N) is 8. The second-order valence-electron chi connectivity index (χ2n) is 12.8. The van der Waals surface area contributed by atoms with E-state index in [1.807, 2.05) is 6.20 Å². The maximum absolute atomic E-state index is 5.42. The molecule has 8 nitrogen and oxygen atoms in total. The Labute approximate surface area is 259 Å². The third kappa shape index (κ3) is 3.57. The number of benzene rings is 2. The lowest BCUT2D eigenvalue weighted by molar-refractivity contribution is 0.344. The van der Waals surface area contributed by atoms with E-state index in [0.29, 0.717) is 5.92 Å². The van der Waals surface area contributed by atoms with Gasteiger partial charge in [0.1, 0.15) is 12.3 Å². The van der Waals surface area contributed by atoms with Crippen molar-refractivity contribution in [1.29, 1.82) is 0 Å². The maximum atomic E-state index is 5.42. The van der Waals surface area contributed by atoms with Crippen LogP contribution in [0.15, 0.2) is 92.4 Å². The normalized spacial score (nSPS) is 26.0. The zero-order valence-electron chi connectivity index (χ0n) is 25.7. The quantitative estimate of drug-likeness (QED) is 0.235. The summed E-state index contributed by atoms with van der Waals surface area (Å²) in [5.41, 5.74) is 5.89. The largest absolute Gasteiger partial charge is 0.335 e. The molecule has 0 radical (unpaired) electrons. The smallest absolute Gasteiger partial charge is 0.178 e. The Morgan fingerprint density at radius 1 is 0.773 bits per heavy atom. The van der Waals surface area contributed by atoms with E-state index in [1.165, 1.54) is 22.5 Å². The molecule has 0 saturated carbocycles. The molecular weight excluding hydrogens is 544 g/mol. The molecule has 0 bridgehead atoms. The van der Waals surface area contributed by atoms with E-state index in [1.54, 1.807) is 12.4 Å². The van der Waals surface area contributed by atoms with E-state index in [2.05, 4.69) is 121 Å². The molecule has 2 aromatic heterocycles. The summed E-state index contributed by atoms with van der Waals surface area (Å²) in [5.74, 6) is 4.53. The van der Waals surface area contributed by atoms with E-state index < -0.39 is 0 Å². The van der Waals surface area contributed by atoms with E-state index in [0.717, 1.165) is 35.4 Å². The summed E-state index contributed by atoms with van der Waals surface area (Å²) in [7, 11) is 2.14. The minimum atomic E-state index is 0.0138. The van der Waals surface area contributed by atoms with Crippen molar-refractivity contribution in [3.63, 3.8) is 0 Å². The van der Waals surface area contributed by atoms with Gasteiger partial charge in [-0.15, -0.1) is 13.2 Å². The van der Waals surface area contributed by atoms with Gasteiger partial charge in [-0.3, -0.25) is 0 Å². The summed E-state index contributed by atoms with van der Waals surface area (Å²) < 4.78 is 0. The number of anilines is 6. The molecule has 6 heterocycles. The molecule has 0 fully saturated rings. The van der Waals surface area contributed by atoms with Crippen LogP contribution in [0.3, 0.4) is 0 Å². The van der Waals surface area contributed by atoms with Crippen LogP contribution in [0.2, 0.25) is 0 Å². The van der Waals surface area contributed by atoms with Gasteiger partial charge >= 0.3 is 0 Å². The van der Waals surface area contributed by atoms with Crippen molar-refractivity contribution >= 4 is 34.6 Å². The van der Waals surface area contributed by atoms with Crippen molar-refractivity contribution in [2.45, 2.75) is 57.4 Å². The molecule has 6 atom stereocenters. The number of hydrogen-bond donors (Lipinski definition) is 0. The van der Waals surface area contributed by atoms with Crippen molar-refractivity contribution in [1.82, 2.24) is 19.9 Å². The summed E-state index contributed by atoms with van der Waals surface area (Å²) in [6, 6.07) is 17.6. The van der Waals surface area contributed by atoms with Gasteiger partial charge in [0.15, 0.2) is 23.3 Å². The van der Waals surface area contributed by atoms with Gasteiger partial charge in [0.25, 0.3) is 0 Å². The van der Waals surface area contributed by atoms with Gasteiger partial charge in [-0.05, 0) is 43.5 Å². The van der Waals surface area contributed by atoms with E-state index in [9.17, 15) is 0 Å². The van der Waals surface area contributed by atoms with E-state index in [4.69, 9.17) is 19.9 Å². The van der Waals surface area contributed by atoms with Crippen LogP contribution in [0.4, 0.5) is 34.6 Å². The van der Waals surface area contributed by atoms with Gasteiger partial charge < -0.3 is 19.6 Å². The Morgan fingerprint density at radius 3 is 2.05 bits per heavy atom. The highest BCUT2D eigenvalue weighted by Gasteiger charge is 2.51. The third-order valence-corrected chi connectivity index (χ3v) is 10.2. The first-order valence-electron chi connectivity index (χ1n) is 15.6. The highest BCUT2D eigenvalue weighted by molar-refractivity contribution is 5.83. The average Bonchev–Trinajstić information content (AvgIpc) is 3.54. The van der Waals surface area contributed by atoms with Gasteiger partial charge in [0.2, 0.25) is 0 Å². The standard InChI is InChI=1S/C36H38N8/c1-7-24-22(5)35-41(6)31-34(44(35)29-15-11-9-13-26(24)29)40-23(20-39-31)19-28-25(8-2)27-14-10-12-16-30(27)43-33-32(37-17-18-38-33)42(21(3)4)36(28)43/h7-18,20-22,24-25,28,35-36H,1-2,19H2,3-6H3. The Morgan fingerprint density at radius 2 is 1.39 bits per heavy atom. The third-order valence-electron chi connectivity index (χ3n) is 10.2. The van der Waals surface area contributed by atoms with Gasteiger partial charge in [0, 0.05) is 60.5 Å². The fraction of sp³-hybridized carbons (Fsp3) is 0.333. The first-order valence-corrected chi connectivity index (χ1v) is 15.6. The predicted octanol–water partition coefficient (Wildman–Crippen LogP) is 6.93. The SMILES string of the molecule is C=CC1c2ccccc2N2c3nc(CC4C(C=C)c5ccccc5N5c6nccnc6N(C(C)C)C45)cnc3N(C)C2C1C. The van der Waals surface area contributed by atoms with Crippen molar-refractivity contribution in [3.8, 4) is 0 Å². The summed E-state index contributed by atoms with van der Waals surface area (Å²) >= 11 is 0. The maximum Gasteiger partial charge on any atom is 0.178 e. The van der Waals surface area contributed by atoms with Crippen LogP contribution in [0, 0.1) is 11.8 Å². The highest BCUT2D eigenvalue weighted by atomic mass is 15.5. The van der Waals surface area contributed by atoms with Gasteiger partial charge in [-0.25, -0.2) is 19.9 Å². The van der Waals surface area contributed by atoms with Crippen molar-refractivity contribution in [3.05, 3.63) is 109 Å². The molecule has 2 aromatic carbocycles. The first kappa shape index (κ1) is 26.9. The number of fused-ring (bicyclic) bond motifs is 10. The van der Waals surface area contributed by atoms with Gasteiger partial charge in [-0.1, -0.05) is 55.5 Å². The van der Waals surface area contributed by atoms with Crippen molar-refractivity contribution < 1.29 is 0 Å². The monoisotopic (exact) mass is 582 g/mol. The van der Waals surface area contributed by atoms with Crippen LogP contribution in [-0.4, -0.2) is 45.4 Å². The Bertz CT molecular complexity index is 1780. The molecule has 0 saturated heterocycles. The van der Waals surface area contributed by atoms with E-state index >= 15 is 0 Å². The molecule has 4 aliphatic heterocycles. The summed E-state index contributed by atoms with van der Waals surface area (Å²) in [6.45, 7) is 15.3. The van der Waals surface area contributed by atoms with Crippen LogP contribution in [0.25, 0.3) is 0 Å². The molecule has 0 amide bonds. The molecule has 6 unspecified atom stereocenters. The minimum absolute atomic E-state index is 0.0138.